The van der Waals surface area contributed by atoms with Crippen molar-refractivity contribution in [3.05, 3.63) is 88.3 Å². The van der Waals surface area contributed by atoms with Crippen LogP contribution in [0.25, 0.3) is 6.08 Å². The third-order valence-electron chi connectivity index (χ3n) is 4.43. The molecular weight excluding hydrogens is 445 g/mol. The Morgan fingerprint density at radius 2 is 1.62 bits per heavy atom. The molecule has 0 aliphatic heterocycles. The molecule has 0 amide bonds. The summed E-state index contributed by atoms with van der Waals surface area (Å²) in [5.74, 6) is -2.82. The lowest BCUT2D eigenvalue weighted by atomic mass is 9.95. The van der Waals surface area contributed by atoms with Crippen molar-refractivity contribution >= 4 is 12.0 Å². The molecule has 0 spiro atoms. The van der Waals surface area contributed by atoms with E-state index < -0.39 is 46.6 Å². The van der Waals surface area contributed by atoms with Gasteiger partial charge in [-0.25, -0.2) is 9.18 Å². The normalized spacial score (nSPS) is 15.6. The maximum Gasteiger partial charge on any atom is 0.417 e. The smallest absolute Gasteiger partial charge is 0.417 e. The molecule has 0 heterocycles. The summed E-state index contributed by atoms with van der Waals surface area (Å²) in [4.78, 5) is 11.0. The Balaban J connectivity index is 2.18. The molecule has 1 aliphatic carbocycles. The van der Waals surface area contributed by atoms with Crippen molar-refractivity contribution in [2.75, 3.05) is 0 Å². The average molecular weight is 458 g/mol. The van der Waals surface area contributed by atoms with E-state index in [0.29, 0.717) is 6.07 Å². The minimum absolute atomic E-state index is 0.0189. The number of alkyl halides is 6. The number of halogens is 7. The standard InChI is InChI=1S/C22H13F7O3/c23-15-5-7-16(8-6-15)32-19-11-14(21(24,25)26)10-18(22(27,28)29)17(19)9-12-1-3-13(4-2-12)20(30)31/h1,3-11H,2H2,(H,30,31). The van der Waals surface area contributed by atoms with E-state index in [1.807, 2.05) is 0 Å². The predicted molar refractivity (Wildman–Crippen MR) is 100 cm³/mol. The highest BCUT2D eigenvalue weighted by Gasteiger charge is 2.39. The van der Waals surface area contributed by atoms with E-state index in [1.54, 1.807) is 0 Å². The van der Waals surface area contributed by atoms with Crippen molar-refractivity contribution in [3.8, 4) is 11.5 Å². The molecule has 0 saturated heterocycles. The average Bonchev–Trinajstić information content (AvgIpc) is 2.69. The highest BCUT2D eigenvalue weighted by molar-refractivity contribution is 5.90. The Labute approximate surface area is 176 Å². The molecule has 1 N–H and O–H groups in total. The summed E-state index contributed by atoms with van der Waals surface area (Å²) in [6, 6.07) is 4.40. The highest BCUT2D eigenvalue weighted by Crippen LogP contribution is 2.43. The van der Waals surface area contributed by atoms with Crippen LogP contribution in [0.3, 0.4) is 0 Å². The predicted octanol–water partition coefficient (Wildman–Crippen LogP) is 7.01. The summed E-state index contributed by atoms with van der Waals surface area (Å²) in [6.45, 7) is 0. The van der Waals surface area contributed by atoms with Crippen LogP contribution in [-0.2, 0) is 17.1 Å². The topological polar surface area (TPSA) is 46.5 Å². The number of aliphatic carboxylic acids is 1. The van der Waals surface area contributed by atoms with Crippen molar-refractivity contribution in [3.63, 3.8) is 0 Å². The van der Waals surface area contributed by atoms with Crippen LogP contribution < -0.4 is 4.74 Å². The Kier molecular flexibility index (Phi) is 6.16. The number of carboxylic acids is 1. The Bertz CT molecular complexity index is 1120. The molecule has 0 unspecified atom stereocenters. The van der Waals surface area contributed by atoms with Crippen LogP contribution in [0.4, 0.5) is 30.7 Å². The molecule has 2 aromatic carbocycles. The number of carboxylic acid groups (broad SMARTS) is 1. The van der Waals surface area contributed by atoms with E-state index in [4.69, 9.17) is 9.84 Å². The van der Waals surface area contributed by atoms with Crippen LogP contribution in [0.1, 0.15) is 23.1 Å². The summed E-state index contributed by atoms with van der Waals surface area (Å²) >= 11 is 0. The molecule has 0 radical (unpaired) electrons. The maximum atomic E-state index is 13.7. The zero-order valence-corrected chi connectivity index (χ0v) is 15.9. The Morgan fingerprint density at radius 3 is 2.12 bits per heavy atom. The molecule has 32 heavy (non-hydrogen) atoms. The number of hydrogen-bond acceptors (Lipinski definition) is 2. The first-order chi connectivity index (χ1) is 14.8. The van der Waals surface area contributed by atoms with Crippen molar-refractivity contribution in [1.82, 2.24) is 0 Å². The van der Waals surface area contributed by atoms with Crippen LogP contribution in [0.5, 0.6) is 11.5 Å². The fraction of sp³-hybridized carbons (Fsp3) is 0.136. The second kappa shape index (κ2) is 8.52. The molecule has 2 aromatic rings. The number of hydrogen-bond donors (Lipinski definition) is 1. The Morgan fingerprint density at radius 1 is 0.969 bits per heavy atom. The first-order valence-electron chi connectivity index (χ1n) is 8.92. The molecule has 0 fully saturated rings. The Hall–Kier alpha value is -3.56. The van der Waals surface area contributed by atoms with E-state index in [9.17, 15) is 35.5 Å². The molecule has 0 atom stereocenters. The third-order valence-corrected chi connectivity index (χ3v) is 4.43. The first kappa shape index (κ1) is 23.1. The van der Waals surface area contributed by atoms with Gasteiger partial charge in [-0.3, -0.25) is 0 Å². The van der Waals surface area contributed by atoms with Gasteiger partial charge in [0.2, 0.25) is 0 Å². The number of allylic oxidation sites excluding steroid dienone is 3. The summed E-state index contributed by atoms with van der Waals surface area (Å²) in [7, 11) is 0. The minimum Gasteiger partial charge on any atom is -0.478 e. The van der Waals surface area contributed by atoms with Gasteiger partial charge in [-0.15, -0.1) is 0 Å². The van der Waals surface area contributed by atoms with E-state index in [-0.39, 0.29) is 29.4 Å². The second-order valence-electron chi connectivity index (χ2n) is 6.71. The van der Waals surface area contributed by atoms with Crippen molar-refractivity contribution in [1.29, 1.82) is 0 Å². The molecule has 3 rings (SSSR count). The number of benzene rings is 2. The number of rotatable bonds is 4. The van der Waals surface area contributed by atoms with Gasteiger partial charge in [0.05, 0.1) is 16.7 Å². The van der Waals surface area contributed by atoms with Crippen molar-refractivity contribution in [2.24, 2.45) is 0 Å². The van der Waals surface area contributed by atoms with Crippen molar-refractivity contribution in [2.45, 2.75) is 18.8 Å². The minimum atomic E-state index is -5.16. The largest absolute Gasteiger partial charge is 0.478 e. The van der Waals surface area contributed by atoms with Crippen LogP contribution in [0, 0.1) is 5.82 Å². The molecule has 168 valence electrons. The van der Waals surface area contributed by atoms with Crippen LogP contribution in [-0.4, -0.2) is 11.1 Å². The van der Waals surface area contributed by atoms with E-state index in [1.165, 1.54) is 12.2 Å². The fourth-order valence-corrected chi connectivity index (χ4v) is 2.90. The third kappa shape index (κ3) is 5.37. The summed E-state index contributed by atoms with van der Waals surface area (Å²) in [6.07, 6.45) is -5.66. The van der Waals surface area contributed by atoms with Crippen LogP contribution in [0.15, 0.2) is 65.8 Å². The van der Waals surface area contributed by atoms with Gasteiger partial charge in [-0.1, -0.05) is 12.2 Å². The zero-order valence-electron chi connectivity index (χ0n) is 15.9. The van der Waals surface area contributed by atoms with Gasteiger partial charge >= 0.3 is 18.3 Å². The quantitative estimate of drug-likeness (QED) is 0.502. The van der Waals surface area contributed by atoms with E-state index in [2.05, 4.69) is 0 Å². The van der Waals surface area contributed by atoms with Crippen LogP contribution >= 0.6 is 0 Å². The molecule has 0 aromatic heterocycles. The maximum absolute atomic E-state index is 13.7. The van der Waals surface area contributed by atoms with Crippen LogP contribution in [0.2, 0.25) is 0 Å². The first-order valence-corrected chi connectivity index (χ1v) is 8.92. The monoisotopic (exact) mass is 458 g/mol. The lowest BCUT2D eigenvalue weighted by molar-refractivity contribution is -0.143. The fourth-order valence-electron chi connectivity index (χ4n) is 2.90. The van der Waals surface area contributed by atoms with Gasteiger partial charge < -0.3 is 9.84 Å². The lowest BCUT2D eigenvalue weighted by Gasteiger charge is -2.19. The number of ether oxygens (including phenoxy) is 1. The van der Waals surface area contributed by atoms with Crippen molar-refractivity contribution < 1.29 is 45.4 Å². The van der Waals surface area contributed by atoms with Gasteiger partial charge in [-0.05, 0) is 60.5 Å². The SMILES string of the molecule is O=C(O)C1=CCC(=Cc2c(Oc3ccc(F)cc3)cc(C(F)(F)F)cc2C(F)(F)F)C=C1. The summed E-state index contributed by atoms with van der Waals surface area (Å²) in [5, 5.41) is 8.96. The summed E-state index contributed by atoms with van der Waals surface area (Å²) < 4.78 is 99.3. The van der Waals surface area contributed by atoms with Gasteiger partial charge in [0.25, 0.3) is 0 Å². The highest BCUT2D eigenvalue weighted by atomic mass is 19.4. The second-order valence-corrected chi connectivity index (χ2v) is 6.71. The molecule has 0 saturated carbocycles. The van der Waals surface area contributed by atoms with E-state index in [0.717, 1.165) is 36.4 Å². The molecule has 0 bridgehead atoms. The molecule has 1 aliphatic rings. The number of carbonyl (C=O) groups is 1. The van der Waals surface area contributed by atoms with Gasteiger partial charge in [-0.2, -0.15) is 26.3 Å². The zero-order chi connectivity index (χ0) is 23.7. The molecule has 3 nitrogen and oxygen atoms in total. The van der Waals surface area contributed by atoms with Gasteiger partial charge in [0, 0.05) is 5.56 Å². The molecular formula is C22H13F7O3. The van der Waals surface area contributed by atoms with E-state index >= 15 is 0 Å². The molecule has 10 heteroatoms. The van der Waals surface area contributed by atoms with Gasteiger partial charge in [0.15, 0.2) is 0 Å². The summed E-state index contributed by atoms with van der Waals surface area (Å²) in [5.41, 5.74) is -3.70. The lowest BCUT2D eigenvalue weighted by Crippen LogP contribution is -2.13. The van der Waals surface area contributed by atoms with Gasteiger partial charge in [0.1, 0.15) is 17.3 Å².